The van der Waals surface area contributed by atoms with E-state index in [1.54, 1.807) is 6.08 Å². The van der Waals surface area contributed by atoms with Gasteiger partial charge in [0.05, 0.1) is 5.69 Å². The van der Waals surface area contributed by atoms with Crippen molar-refractivity contribution < 1.29 is 31.1 Å². The molecule has 1 aromatic carbocycles. The molecule has 0 spiro atoms. The van der Waals surface area contributed by atoms with Crippen LogP contribution in [0.3, 0.4) is 0 Å². The molecule has 0 aliphatic heterocycles. The van der Waals surface area contributed by atoms with Gasteiger partial charge in [-0.25, -0.2) is 0 Å². The van der Waals surface area contributed by atoms with E-state index in [-0.39, 0.29) is 38.5 Å². The molecule has 1 fully saturated rings. The minimum Gasteiger partial charge on any atom is -0.371 e. The average Bonchev–Trinajstić information content (AvgIpc) is 3.34. The molecular weight excluding hydrogens is 546 g/mol. The molecule has 124 valence electrons. The van der Waals surface area contributed by atoms with Gasteiger partial charge >= 0.3 is 0 Å². The smallest absolute Gasteiger partial charge is 0.152 e. The van der Waals surface area contributed by atoms with E-state index in [2.05, 4.69) is 45.9 Å². The fourth-order valence-corrected chi connectivity index (χ4v) is 3.02. The zero-order valence-electron chi connectivity index (χ0n) is 13.9. The SMILES string of the molecule is C=Cc1ccc(C2CC2c2cc(Cl)nnc2NC)cc1N=C.[CH3-].[U]. The van der Waals surface area contributed by atoms with Gasteiger partial charge in [0.1, 0.15) is 0 Å². The van der Waals surface area contributed by atoms with Crippen LogP contribution in [0.2, 0.25) is 5.15 Å². The number of hydrogen-bond acceptors (Lipinski definition) is 4. The van der Waals surface area contributed by atoms with Crippen LogP contribution in [-0.2, 0) is 0 Å². The van der Waals surface area contributed by atoms with Gasteiger partial charge < -0.3 is 12.7 Å². The molecule has 1 heterocycles. The molecule has 24 heavy (non-hydrogen) atoms. The molecule has 2 atom stereocenters. The van der Waals surface area contributed by atoms with Gasteiger partial charge in [0.15, 0.2) is 11.0 Å². The second-order valence-electron chi connectivity index (χ2n) is 5.35. The van der Waals surface area contributed by atoms with E-state index in [1.165, 1.54) is 5.56 Å². The van der Waals surface area contributed by atoms with Crippen molar-refractivity contribution in [3.63, 3.8) is 0 Å². The van der Waals surface area contributed by atoms with Crippen LogP contribution < -0.4 is 5.32 Å². The van der Waals surface area contributed by atoms with Crippen LogP contribution >= 0.6 is 11.6 Å². The van der Waals surface area contributed by atoms with Gasteiger partial charge in [0.2, 0.25) is 0 Å². The summed E-state index contributed by atoms with van der Waals surface area (Å²) in [6.45, 7) is 7.43. The van der Waals surface area contributed by atoms with Crippen molar-refractivity contribution in [1.29, 1.82) is 0 Å². The van der Waals surface area contributed by atoms with Crippen molar-refractivity contribution in [2.24, 2.45) is 4.99 Å². The number of aromatic nitrogens is 2. The molecule has 0 saturated heterocycles. The number of rotatable bonds is 5. The molecule has 0 bridgehead atoms. The maximum absolute atomic E-state index is 5.99. The molecule has 4 nitrogen and oxygen atoms in total. The van der Waals surface area contributed by atoms with Crippen LogP contribution in [0.4, 0.5) is 11.5 Å². The summed E-state index contributed by atoms with van der Waals surface area (Å²) in [6.07, 6.45) is 2.87. The number of aliphatic imine (C=N–C) groups is 1. The second kappa shape index (κ2) is 8.80. The zero-order chi connectivity index (χ0) is 15.7. The molecular formula is C18H20ClN4U-. The number of benzene rings is 1. The van der Waals surface area contributed by atoms with Crippen molar-refractivity contribution in [2.75, 3.05) is 12.4 Å². The van der Waals surface area contributed by atoms with Gasteiger partial charge in [0.25, 0.3) is 0 Å². The van der Waals surface area contributed by atoms with Gasteiger partial charge in [-0.15, -0.1) is 10.2 Å². The van der Waals surface area contributed by atoms with E-state index in [4.69, 9.17) is 11.6 Å². The Morgan fingerprint density at radius 2 is 2.04 bits per heavy atom. The van der Waals surface area contributed by atoms with E-state index in [9.17, 15) is 0 Å². The average molecular weight is 566 g/mol. The summed E-state index contributed by atoms with van der Waals surface area (Å²) in [7, 11) is 1.84. The van der Waals surface area contributed by atoms with E-state index < -0.39 is 0 Å². The predicted molar refractivity (Wildman–Crippen MR) is 98.8 cm³/mol. The summed E-state index contributed by atoms with van der Waals surface area (Å²) in [5, 5.41) is 11.5. The molecule has 2 unspecified atom stereocenters. The molecule has 2 aromatic rings. The molecule has 1 aromatic heterocycles. The maximum atomic E-state index is 5.99. The quantitative estimate of drug-likeness (QED) is 0.416. The summed E-state index contributed by atoms with van der Waals surface area (Å²) in [6, 6.07) is 8.16. The zero-order valence-corrected chi connectivity index (χ0v) is 18.8. The molecule has 1 N–H and O–H groups in total. The van der Waals surface area contributed by atoms with Crippen LogP contribution in [0.5, 0.6) is 0 Å². The Morgan fingerprint density at radius 1 is 1.29 bits per heavy atom. The van der Waals surface area contributed by atoms with E-state index in [1.807, 2.05) is 19.2 Å². The molecule has 3 rings (SSSR count). The first-order chi connectivity index (χ1) is 10.7. The third-order valence-electron chi connectivity index (χ3n) is 4.09. The Labute approximate surface area is 172 Å². The van der Waals surface area contributed by atoms with Gasteiger partial charge in [0, 0.05) is 43.7 Å². The van der Waals surface area contributed by atoms with Crippen LogP contribution in [0.1, 0.15) is 34.9 Å². The Bertz CT molecular complexity index is 748. The van der Waals surface area contributed by atoms with Gasteiger partial charge in [-0.05, 0) is 48.2 Å². The first-order valence-corrected chi connectivity index (χ1v) is 7.49. The van der Waals surface area contributed by atoms with Crippen LogP contribution in [0.15, 0.2) is 35.8 Å². The summed E-state index contributed by atoms with van der Waals surface area (Å²) in [5.74, 6) is 1.65. The Balaban J connectivity index is 0.00000144. The fraction of sp³-hybridized carbons (Fsp3) is 0.222. The fourth-order valence-electron chi connectivity index (χ4n) is 2.87. The van der Waals surface area contributed by atoms with E-state index >= 15 is 0 Å². The Morgan fingerprint density at radius 3 is 2.67 bits per heavy atom. The number of anilines is 1. The monoisotopic (exact) mass is 565 g/mol. The number of nitrogens with zero attached hydrogens (tertiary/aromatic N) is 3. The number of hydrogen-bond donors (Lipinski definition) is 1. The molecule has 1 saturated carbocycles. The largest absolute Gasteiger partial charge is 0.371 e. The van der Waals surface area contributed by atoms with Crippen molar-refractivity contribution in [3.8, 4) is 0 Å². The molecule has 1 aliphatic rings. The Kier molecular flexibility index (Phi) is 7.66. The summed E-state index contributed by atoms with van der Waals surface area (Å²) < 4.78 is 0. The minimum atomic E-state index is 0. The van der Waals surface area contributed by atoms with Gasteiger partial charge in [-0.1, -0.05) is 36.4 Å². The third-order valence-corrected chi connectivity index (χ3v) is 4.28. The number of halogens is 1. The normalized spacial score (nSPS) is 17.9. The minimum absolute atomic E-state index is 0. The van der Waals surface area contributed by atoms with Gasteiger partial charge in [-0.3, -0.25) is 4.99 Å². The third kappa shape index (κ3) is 4.08. The summed E-state index contributed by atoms with van der Waals surface area (Å²) in [4.78, 5) is 4.08. The molecule has 1 aliphatic carbocycles. The topological polar surface area (TPSA) is 50.2 Å². The Hall–Kier alpha value is -1.15. The van der Waals surface area contributed by atoms with Crippen molar-refractivity contribution >= 4 is 35.9 Å². The summed E-state index contributed by atoms with van der Waals surface area (Å²) in [5.41, 5.74) is 4.25. The molecule has 0 radical (unpaired) electrons. The predicted octanol–water partition coefficient (Wildman–Crippen LogP) is 4.87. The molecule has 6 heteroatoms. The van der Waals surface area contributed by atoms with E-state index in [0.29, 0.717) is 17.0 Å². The van der Waals surface area contributed by atoms with Crippen molar-refractivity contribution in [1.82, 2.24) is 10.2 Å². The molecule has 0 amide bonds. The first-order valence-electron chi connectivity index (χ1n) is 7.12. The first kappa shape index (κ1) is 20.9. The van der Waals surface area contributed by atoms with Crippen LogP contribution in [-0.4, -0.2) is 24.0 Å². The van der Waals surface area contributed by atoms with E-state index in [0.717, 1.165) is 29.1 Å². The van der Waals surface area contributed by atoms with Crippen molar-refractivity contribution in [2.45, 2.75) is 18.3 Å². The van der Waals surface area contributed by atoms with Crippen molar-refractivity contribution in [3.05, 3.63) is 60.1 Å². The summed E-state index contributed by atoms with van der Waals surface area (Å²) >= 11 is 5.99. The number of nitrogens with one attached hydrogen (secondary N) is 1. The second-order valence-corrected chi connectivity index (χ2v) is 5.74. The van der Waals surface area contributed by atoms with Gasteiger partial charge in [-0.2, -0.15) is 0 Å². The standard InChI is InChI=1S/C17H17ClN4.CH3.U/c1-4-10-5-6-11(7-15(10)19-2)12-8-13(12)14-9-16(18)21-22-17(14)20-3;;/h4-7,9,12-13H,1-2,8H2,3H3,(H,20,22);1H3;/q;-1;. The van der Waals surface area contributed by atoms with Crippen LogP contribution in [0.25, 0.3) is 6.08 Å². The van der Waals surface area contributed by atoms with Crippen LogP contribution in [0, 0.1) is 38.5 Å². The maximum Gasteiger partial charge on any atom is 0.152 e.